The number of aliphatic carboxylic acids is 1. The van der Waals surface area contributed by atoms with Crippen molar-refractivity contribution in [1.29, 1.82) is 0 Å². The zero-order chi connectivity index (χ0) is 13.9. The van der Waals surface area contributed by atoms with Crippen LogP contribution in [0.25, 0.3) is 0 Å². The van der Waals surface area contributed by atoms with Crippen LogP contribution in [0.1, 0.15) is 41.9 Å². The fourth-order valence-corrected chi connectivity index (χ4v) is 3.12. The third-order valence-corrected chi connectivity index (χ3v) is 4.47. The van der Waals surface area contributed by atoms with E-state index in [0.717, 1.165) is 10.6 Å². The molecule has 0 bridgehead atoms. The Morgan fingerprint density at radius 2 is 2.45 bits per heavy atom. The Kier molecular flexibility index (Phi) is 3.84. The molecule has 0 aliphatic heterocycles. The van der Waals surface area contributed by atoms with Crippen LogP contribution in [0.4, 0.5) is 0 Å². The largest absolute Gasteiger partial charge is 0.481 e. The molecule has 106 valence electrons. The summed E-state index contributed by atoms with van der Waals surface area (Å²) >= 11 is 1.58. The highest BCUT2D eigenvalue weighted by atomic mass is 32.1. The Bertz CT molecular complexity index is 575. The van der Waals surface area contributed by atoms with Gasteiger partial charge in [-0.15, -0.1) is 11.3 Å². The van der Waals surface area contributed by atoms with Crippen LogP contribution in [-0.4, -0.2) is 20.6 Å². The molecule has 1 saturated carbocycles. The second-order valence-corrected chi connectivity index (χ2v) is 6.05. The zero-order valence-corrected chi connectivity index (χ0v) is 11.8. The van der Waals surface area contributed by atoms with E-state index >= 15 is 0 Å². The highest BCUT2D eigenvalue weighted by Gasteiger charge is 2.25. The topological polar surface area (TPSA) is 67.2 Å². The maximum absolute atomic E-state index is 11.0. The molecule has 0 saturated heterocycles. The van der Waals surface area contributed by atoms with Crippen LogP contribution in [0.2, 0.25) is 0 Å². The molecule has 2 aromatic rings. The normalized spacial score (nSPS) is 16.2. The minimum Gasteiger partial charge on any atom is -0.481 e. The Balaban J connectivity index is 1.67. The Hall–Kier alpha value is -1.66. The molecule has 1 unspecified atom stereocenters. The molecule has 1 fully saturated rings. The molecule has 0 aromatic carbocycles. The van der Waals surface area contributed by atoms with E-state index < -0.39 is 5.97 Å². The van der Waals surface area contributed by atoms with Gasteiger partial charge in [-0.3, -0.25) is 4.79 Å². The highest BCUT2D eigenvalue weighted by molar-refractivity contribution is 7.10. The standard InChI is InChI=1S/C14H17N3O2S/c18-14(19)6-12(13-2-1-5-20-13)16-8-11-7-15-9-17(11)10-3-4-10/h1-2,5,7,9-10,12,16H,3-4,6,8H2,(H,18,19). The van der Waals surface area contributed by atoms with Crippen molar-refractivity contribution in [2.75, 3.05) is 0 Å². The predicted octanol–water partition coefficient (Wildman–Crippen LogP) is 2.59. The Labute approximate surface area is 121 Å². The molecule has 2 aromatic heterocycles. The van der Waals surface area contributed by atoms with E-state index in [-0.39, 0.29) is 12.5 Å². The van der Waals surface area contributed by atoms with Gasteiger partial charge in [0, 0.05) is 23.7 Å². The van der Waals surface area contributed by atoms with Gasteiger partial charge in [-0.2, -0.15) is 0 Å². The van der Waals surface area contributed by atoms with Crippen molar-refractivity contribution in [2.24, 2.45) is 0 Å². The lowest BCUT2D eigenvalue weighted by Crippen LogP contribution is -2.24. The lowest BCUT2D eigenvalue weighted by atomic mass is 10.1. The highest BCUT2D eigenvalue weighted by Crippen LogP contribution is 2.35. The molecule has 20 heavy (non-hydrogen) atoms. The van der Waals surface area contributed by atoms with Crippen LogP contribution in [0, 0.1) is 0 Å². The van der Waals surface area contributed by atoms with Crippen molar-refractivity contribution in [3.63, 3.8) is 0 Å². The van der Waals surface area contributed by atoms with Crippen molar-refractivity contribution < 1.29 is 9.90 Å². The molecule has 1 aliphatic carbocycles. The van der Waals surface area contributed by atoms with E-state index in [1.807, 2.05) is 30.0 Å². The van der Waals surface area contributed by atoms with Gasteiger partial charge in [-0.1, -0.05) is 6.07 Å². The van der Waals surface area contributed by atoms with Crippen LogP contribution >= 0.6 is 11.3 Å². The SMILES string of the molecule is O=C(O)CC(NCc1cncn1C1CC1)c1cccs1. The summed E-state index contributed by atoms with van der Waals surface area (Å²) in [5, 5.41) is 14.4. The van der Waals surface area contributed by atoms with Crippen LogP contribution in [0.3, 0.4) is 0 Å². The van der Waals surface area contributed by atoms with E-state index in [0.29, 0.717) is 12.6 Å². The van der Waals surface area contributed by atoms with E-state index in [1.165, 1.54) is 12.8 Å². The number of carboxylic acids is 1. The molecule has 0 radical (unpaired) electrons. The number of hydrogen-bond donors (Lipinski definition) is 2. The summed E-state index contributed by atoms with van der Waals surface area (Å²) in [4.78, 5) is 16.3. The third-order valence-electron chi connectivity index (χ3n) is 3.48. The van der Waals surface area contributed by atoms with Crippen LogP contribution in [0.15, 0.2) is 30.0 Å². The minimum atomic E-state index is -0.786. The second-order valence-electron chi connectivity index (χ2n) is 5.07. The van der Waals surface area contributed by atoms with Crippen LogP contribution in [-0.2, 0) is 11.3 Å². The summed E-state index contributed by atoms with van der Waals surface area (Å²) in [6.07, 6.45) is 6.25. The molecule has 6 heteroatoms. The first-order chi connectivity index (χ1) is 9.74. The molecule has 1 atom stereocenters. The zero-order valence-electron chi connectivity index (χ0n) is 11.0. The van der Waals surface area contributed by atoms with Crippen molar-refractivity contribution in [3.05, 3.63) is 40.6 Å². The molecular formula is C14H17N3O2S. The lowest BCUT2D eigenvalue weighted by Gasteiger charge is -2.16. The smallest absolute Gasteiger partial charge is 0.305 e. The summed E-state index contributed by atoms with van der Waals surface area (Å²) in [6.45, 7) is 0.645. The second kappa shape index (κ2) is 5.76. The number of carboxylic acid groups (broad SMARTS) is 1. The number of aromatic nitrogens is 2. The average Bonchev–Trinajstić information content (AvgIpc) is 2.93. The fourth-order valence-electron chi connectivity index (χ4n) is 2.32. The predicted molar refractivity (Wildman–Crippen MR) is 76.7 cm³/mol. The van der Waals surface area contributed by atoms with Crippen molar-refractivity contribution in [2.45, 2.75) is 37.9 Å². The van der Waals surface area contributed by atoms with Gasteiger partial charge in [-0.05, 0) is 24.3 Å². The van der Waals surface area contributed by atoms with Crippen molar-refractivity contribution >= 4 is 17.3 Å². The molecule has 0 amide bonds. The van der Waals surface area contributed by atoms with Gasteiger partial charge in [0.2, 0.25) is 0 Å². The summed E-state index contributed by atoms with van der Waals surface area (Å²) in [5.74, 6) is -0.786. The fraction of sp³-hybridized carbons (Fsp3) is 0.429. The molecule has 5 nitrogen and oxygen atoms in total. The molecule has 0 spiro atoms. The Morgan fingerprint density at radius 3 is 3.10 bits per heavy atom. The van der Waals surface area contributed by atoms with Gasteiger partial charge in [0.05, 0.1) is 24.5 Å². The van der Waals surface area contributed by atoms with E-state index in [9.17, 15) is 4.79 Å². The lowest BCUT2D eigenvalue weighted by molar-refractivity contribution is -0.137. The number of rotatable bonds is 7. The van der Waals surface area contributed by atoms with E-state index in [2.05, 4.69) is 14.9 Å². The van der Waals surface area contributed by atoms with Gasteiger partial charge in [0.1, 0.15) is 0 Å². The quantitative estimate of drug-likeness (QED) is 0.823. The number of carbonyl (C=O) groups is 1. The molecule has 2 heterocycles. The number of imidazole rings is 1. The average molecular weight is 291 g/mol. The summed E-state index contributed by atoms with van der Waals surface area (Å²) in [6, 6.07) is 4.37. The van der Waals surface area contributed by atoms with Crippen molar-refractivity contribution in [1.82, 2.24) is 14.9 Å². The van der Waals surface area contributed by atoms with Gasteiger partial charge in [0.25, 0.3) is 0 Å². The van der Waals surface area contributed by atoms with Gasteiger partial charge < -0.3 is 15.0 Å². The van der Waals surface area contributed by atoms with Gasteiger partial charge in [0.15, 0.2) is 0 Å². The monoisotopic (exact) mass is 291 g/mol. The molecule has 1 aliphatic rings. The summed E-state index contributed by atoms with van der Waals surface area (Å²) < 4.78 is 2.19. The van der Waals surface area contributed by atoms with E-state index in [1.54, 1.807) is 11.3 Å². The maximum Gasteiger partial charge on any atom is 0.305 e. The third kappa shape index (κ3) is 3.08. The Morgan fingerprint density at radius 1 is 1.60 bits per heavy atom. The first kappa shape index (κ1) is 13.3. The molecular weight excluding hydrogens is 274 g/mol. The summed E-state index contributed by atoms with van der Waals surface area (Å²) in [5.41, 5.74) is 1.12. The maximum atomic E-state index is 11.0. The first-order valence-corrected chi connectivity index (χ1v) is 7.61. The molecule has 2 N–H and O–H groups in total. The first-order valence-electron chi connectivity index (χ1n) is 6.73. The number of nitrogens with one attached hydrogen (secondary N) is 1. The number of nitrogens with zero attached hydrogens (tertiary/aromatic N) is 2. The number of thiophene rings is 1. The molecule has 3 rings (SSSR count). The van der Waals surface area contributed by atoms with Crippen LogP contribution in [0.5, 0.6) is 0 Å². The van der Waals surface area contributed by atoms with E-state index in [4.69, 9.17) is 5.11 Å². The number of hydrogen-bond acceptors (Lipinski definition) is 4. The van der Waals surface area contributed by atoms with Gasteiger partial charge >= 0.3 is 5.97 Å². The van der Waals surface area contributed by atoms with Crippen LogP contribution < -0.4 is 5.32 Å². The minimum absolute atomic E-state index is 0.0953. The van der Waals surface area contributed by atoms with Gasteiger partial charge in [-0.25, -0.2) is 4.98 Å². The summed E-state index contributed by atoms with van der Waals surface area (Å²) in [7, 11) is 0. The van der Waals surface area contributed by atoms with Crippen molar-refractivity contribution in [3.8, 4) is 0 Å².